The van der Waals surface area contributed by atoms with Crippen LogP contribution in [0.5, 0.6) is 0 Å². The molecule has 194 valence electrons. The topological polar surface area (TPSA) is 27.7 Å². The lowest BCUT2D eigenvalue weighted by Crippen LogP contribution is -2.47. The molecule has 0 rings (SSSR count). The van der Waals surface area contributed by atoms with Crippen molar-refractivity contribution >= 4 is 58.1 Å². The molecule has 0 bridgehead atoms. The second-order valence-electron chi connectivity index (χ2n) is 9.56. The fourth-order valence-electron chi connectivity index (χ4n) is 4.05. The zero-order valence-electron chi connectivity index (χ0n) is 22.2. The van der Waals surface area contributed by atoms with Gasteiger partial charge in [-0.25, -0.2) is 0 Å². The molecule has 0 amide bonds. The van der Waals surface area contributed by atoms with Gasteiger partial charge in [0, 0.05) is 45.4 Å². The van der Waals surface area contributed by atoms with Crippen molar-refractivity contribution in [3.63, 3.8) is 0 Å². The summed E-state index contributed by atoms with van der Waals surface area (Å²) in [5, 5.41) is 0. The van der Waals surface area contributed by atoms with E-state index in [4.69, 9.17) is 13.3 Å². The van der Waals surface area contributed by atoms with Gasteiger partial charge in [-0.1, -0.05) is 74.0 Å². The van der Waals surface area contributed by atoms with Crippen molar-refractivity contribution in [1.82, 2.24) is 0 Å². The molecule has 2 atom stereocenters. The van der Waals surface area contributed by atoms with Crippen LogP contribution in [0.1, 0.15) is 73.1 Å². The zero-order valence-corrected chi connectivity index (χ0v) is 27.5. The highest BCUT2D eigenvalue weighted by molar-refractivity contribution is 9.26. The summed E-state index contributed by atoms with van der Waals surface area (Å²) in [4.78, 5) is 0. The van der Waals surface area contributed by atoms with E-state index in [0.29, 0.717) is 25.7 Å². The first kappa shape index (κ1) is 33.7. The van der Waals surface area contributed by atoms with Gasteiger partial charge >= 0.3 is 8.80 Å². The van der Waals surface area contributed by atoms with Crippen LogP contribution in [0.2, 0.25) is 31.7 Å². The first-order valence-corrected chi connectivity index (χ1v) is 23.5. The van der Waals surface area contributed by atoms with Crippen molar-refractivity contribution in [2.75, 3.05) is 31.3 Å². The van der Waals surface area contributed by atoms with Crippen LogP contribution in [0.25, 0.3) is 0 Å². The minimum absolute atomic E-state index is 0.626. The molecule has 32 heavy (non-hydrogen) atoms. The summed E-state index contributed by atoms with van der Waals surface area (Å²) in [6.45, 7) is 20.3. The second-order valence-corrected chi connectivity index (χ2v) is 24.0. The van der Waals surface area contributed by atoms with Crippen molar-refractivity contribution in [2.45, 2.75) is 105 Å². The largest absolute Gasteiger partial charge is 0.501 e. The number of hydrogen-bond donors (Lipinski definition) is 0. The highest BCUT2D eigenvalue weighted by Crippen LogP contribution is 2.44. The van der Waals surface area contributed by atoms with Crippen LogP contribution in [0.4, 0.5) is 0 Å². The number of rotatable bonds is 23. The standard InChI is InChI=1S/C23H52O3S4Si2/c1-9-22(20-31(6,7)8)16-14-18-27-29-30-28-19-15-17-23(10-2)21-32(24-11-3,25-12-4)26-13-5/h22-23H,9-21H2,1-8H3. The van der Waals surface area contributed by atoms with E-state index in [2.05, 4.69) is 33.5 Å². The Labute approximate surface area is 218 Å². The van der Waals surface area contributed by atoms with Gasteiger partial charge in [0.25, 0.3) is 0 Å². The molecule has 0 aromatic heterocycles. The predicted octanol–water partition coefficient (Wildman–Crippen LogP) is 9.66. The molecule has 0 spiro atoms. The third kappa shape index (κ3) is 18.0. The Hall–Kier alpha value is 1.71. The van der Waals surface area contributed by atoms with Crippen molar-refractivity contribution in [1.29, 1.82) is 0 Å². The van der Waals surface area contributed by atoms with Gasteiger partial charge in [-0.15, -0.1) is 0 Å². The van der Waals surface area contributed by atoms with Gasteiger partial charge in [-0.05, 0) is 77.9 Å². The molecular weight excluding hydrogens is 509 g/mol. The average molecular weight is 561 g/mol. The molecule has 9 heteroatoms. The van der Waals surface area contributed by atoms with Crippen molar-refractivity contribution in [3.8, 4) is 0 Å². The van der Waals surface area contributed by atoms with E-state index in [9.17, 15) is 0 Å². The van der Waals surface area contributed by atoms with Gasteiger partial charge in [-0.3, -0.25) is 0 Å². The summed E-state index contributed by atoms with van der Waals surface area (Å²) in [6.07, 6.45) is 7.80. The van der Waals surface area contributed by atoms with Crippen molar-refractivity contribution in [3.05, 3.63) is 0 Å². The molecule has 0 saturated heterocycles. The Morgan fingerprint density at radius 2 is 1.03 bits per heavy atom. The first-order valence-electron chi connectivity index (χ1n) is 12.7. The summed E-state index contributed by atoms with van der Waals surface area (Å²) in [5.74, 6) is 4.09. The van der Waals surface area contributed by atoms with E-state index in [1.54, 1.807) is 0 Å². The third-order valence-corrected chi connectivity index (χ3v) is 17.2. The quantitative estimate of drug-likeness (QED) is 0.0697. The maximum Gasteiger partial charge on any atom is 0.501 e. The first-order chi connectivity index (χ1) is 15.3. The third-order valence-electron chi connectivity index (χ3n) is 5.49. The molecule has 2 unspecified atom stereocenters. The highest BCUT2D eigenvalue weighted by Gasteiger charge is 2.42. The molecule has 0 aromatic rings. The Morgan fingerprint density at radius 3 is 1.38 bits per heavy atom. The normalized spacial score (nSPS) is 14.6. The van der Waals surface area contributed by atoms with Crippen LogP contribution in [0.15, 0.2) is 0 Å². The fourth-order valence-corrected chi connectivity index (χ4v) is 15.6. The molecule has 0 saturated carbocycles. The minimum Gasteiger partial charge on any atom is -0.374 e. The van der Waals surface area contributed by atoms with E-state index in [1.165, 1.54) is 56.1 Å². The lowest BCUT2D eigenvalue weighted by molar-refractivity contribution is 0.0663. The SMILES string of the molecule is CCO[Si](CC(CC)CCCSSSSCCCC(CC)C[Si](C)(C)C)(OCC)OCC. The molecule has 0 N–H and O–H groups in total. The molecule has 0 aliphatic heterocycles. The molecule has 0 heterocycles. The average Bonchev–Trinajstić information content (AvgIpc) is 2.73. The van der Waals surface area contributed by atoms with E-state index in [0.717, 1.165) is 12.0 Å². The molecular formula is C23H52O3S4Si2. The lowest BCUT2D eigenvalue weighted by atomic mass is 10.0. The van der Waals surface area contributed by atoms with E-state index < -0.39 is 16.9 Å². The van der Waals surface area contributed by atoms with Crippen molar-refractivity contribution in [2.24, 2.45) is 11.8 Å². The summed E-state index contributed by atoms with van der Waals surface area (Å²) in [6, 6.07) is 2.45. The molecule has 0 aliphatic carbocycles. The Bertz CT molecular complexity index is 412. The van der Waals surface area contributed by atoms with Crippen LogP contribution in [0, 0.1) is 11.8 Å². The monoisotopic (exact) mass is 560 g/mol. The van der Waals surface area contributed by atoms with Crippen LogP contribution in [-0.2, 0) is 13.3 Å². The van der Waals surface area contributed by atoms with Gasteiger partial charge in [0.15, 0.2) is 0 Å². The summed E-state index contributed by atoms with van der Waals surface area (Å²) in [7, 11) is 4.56. The maximum atomic E-state index is 6.06. The van der Waals surface area contributed by atoms with Gasteiger partial charge in [0.2, 0.25) is 0 Å². The summed E-state index contributed by atoms with van der Waals surface area (Å²) in [5.41, 5.74) is 0. The van der Waals surface area contributed by atoms with E-state index >= 15 is 0 Å². The molecule has 0 aliphatic rings. The Morgan fingerprint density at radius 1 is 0.625 bits per heavy atom. The van der Waals surface area contributed by atoms with Gasteiger partial charge < -0.3 is 13.3 Å². The molecule has 0 fully saturated rings. The fraction of sp³-hybridized carbons (Fsp3) is 1.00. The van der Waals surface area contributed by atoms with E-state index in [-0.39, 0.29) is 0 Å². The Kier molecular flexibility index (Phi) is 22.0. The molecule has 0 radical (unpaired) electrons. The molecule has 0 aromatic carbocycles. The lowest BCUT2D eigenvalue weighted by Gasteiger charge is -2.31. The van der Waals surface area contributed by atoms with Gasteiger partial charge in [0.05, 0.1) is 0 Å². The molecule has 3 nitrogen and oxygen atoms in total. The Balaban J connectivity index is 3.97. The predicted molar refractivity (Wildman–Crippen MR) is 160 cm³/mol. The van der Waals surface area contributed by atoms with Crippen molar-refractivity contribution < 1.29 is 13.3 Å². The van der Waals surface area contributed by atoms with Gasteiger partial charge in [-0.2, -0.15) is 0 Å². The zero-order chi connectivity index (χ0) is 24.3. The second kappa shape index (κ2) is 20.9. The summed E-state index contributed by atoms with van der Waals surface area (Å²) < 4.78 is 18.2. The van der Waals surface area contributed by atoms with Crippen LogP contribution in [-0.4, -0.2) is 48.2 Å². The van der Waals surface area contributed by atoms with Gasteiger partial charge in [0.1, 0.15) is 0 Å². The summed E-state index contributed by atoms with van der Waals surface area (Å²) >= 11 is 0. The maximum absolute atomic E-state index is 6.06. The number of hydrogen-bond acceptors (Lipinski definition) is 7. The van der Waals surface area contributed by atoms with Crippen LogP contribution < -0.4 is 0 Å². The smallest absolute Gasteiger partial charge is 0.374 e. The van der Waals surface area contributed by atoms with Crippen LogP contribution >= 0.6 is 41.2 Å². The van der Waals surface area contributed by atoms with E-state index in [1.807, 2.05) is 62.0 Å². The minimum atomic E-state index is -2.52. The van der Waals surface area contributed by atoms with Crippen LogP contribution in [0.3, 0.4) is 0 Å². The highest BCUT2D eigenvalue weighted by atomic mass is 33.7.